The van der Waals surface area contributed by atoms with E-state index in [0.29, 0.717) is 23.1 Å². The largest absolute Gasteiger partial charge is 0.393 e. The van der Waals surface area contributed by atoms with Gasteiger partial charge in [0, 0.05) is 12.4 Å². The fraction of sp³-hybridized carbons (Fsp3) is 0.0667. The summed E-state index contributed by atoms with van der Waals surface area (Å²) >= 11 is 0. The summed E-state index contributed by atoms with van der Waals surface area (Å²) in [4.78, 5) is 16.6. The lowest BCUT2D eigenvalue weighted by Crippen LogP contribution is -2.05. The molecule has 3 rings (SSSR count). The number of nitrogens with two attached hydrogens (primary N) is 1. The van der Waals surface area contributed by atoms with Crippen LogP contribution in [0.25, 0.3) is 0 Å². The Kier molecular flexibility index (Phi) is 3.78. The Bertz CT molecular complexity index is 757. The zero-order chi connectivity index (χ0) is 15.4. The minimum atomic E-state index is 0.411. The Hall–Kier alpha value is -3.22. The van der Waals surface area contributed by atoms with Gasteiger partial charge in [-0.05, 0) is 30.7 Å². The minimum Gasteiger partial charge on any atom is -0.393 e. The third kappa shape index (κ3) is 3.09. The molecule has 0 fully saturated rings. The summed E-state index contributed by atoms with van der Waals surface area (Å²) in [6.07, 6.45) is 6.60. The first-order valence-electron chi connectivity index (χ1n) is 6.69. The van der Waals surface area contributed by atoms with Crippen molar-refractivity contribution in [1.82, 2.24) is 19.9 Å². The molecule has 0 aromatic carbocycles. The Labute approximate surface area is 127 Å². The highest BCUT2D eigenvalue weighted by atomic mass is 15.1. The molecule has 0 amide bonds. The maximum Gasteiger partial charge on any atom is 0.160 e. The van der Waals surface area contributed by atoms with Crippen LogP contribution in [0.5, 0.6) is 0 Å². The van der Waals surface area contributed by atoms with E-state index in [4.69, 9.17) is 5.73 Å². The summed E-state index contributed by atoms with van der Waals surface area (Å²) in [7, 11) is 0. The first kappa shape index (κ1) is 13.7. The summed E-state index contributed by atoms with van der Waals surface area (Å²) in [6.45, 7) is 1.98. The standard InChI is InChI=1S/C15H15N7/c1-10-4-5-12(18-7-10)22-15-13(16)14(19-9-20-15)21-11-3-2-6-17-8-11/h2-9H,16H2,1H3,(H2,18,19,20,21,22). The molecule has 110 valence electrons. The number of hydrogen-bond donors (Lipinski definition) is 3. The van der Waals surface area contributed by atoms with Crippen LogP contribution < -0.4 is 16.4 Å². The van der Waals surface area contributed by atoms with Gasteiger partial charge in [0.25, 0.3) is 0 Å². The van der Waals surface area contributed by atoms with E-state index in [9.17, 15) is 0 Å². The summed E-state index contributed by atoms with van der Waals surface area (Å²) in [5.41, 5.74) is 8.40. The van der Waals surface area contributed by atoms with Gasteiger partial charge in [0.2, 0.25) is 0 Å². The maximum atomic E-state index is 6.11. The number of hydrogen-bond acceptors (Lipinski definition) is 7. The van der Waals surface area contributed by atoms with Crippen LogP contribution in [0.2, 0.25) is 0 Å². The van der Waals surface area contributed by atoms with E-state index in [1.807, 2.05) is 31.2 Å². The van der Waals surface area contributed by atoms with Crippen molar-refractivity contribution in [3.05, 3.63) is 54.7 Å². The van der Waals surface area contributed by atoms with E-state index < -0.39 is 0 Å². The fourth-order valence-corrected chi connectivity index (χ4v) is 1.83. The molecule has 0 radical (unpaired) electrons. The smallest absolute Gasteiger partial charge is 0.160 e. The molecule has 0 spiro atoms. The van der Waals surface area contributed by atoms with Gasteiger partial charge in [-0.25, -0.2) is 15.0 Å². The van der Waals surface area contributed by atoms with Crippen molar-refractivity contribution in [2.75, 3.05) is 16.4 Å². The van der Waals surface area contributed by atoms with Gasteiger partial charge in [-0.1, -0.05) is 6.07 Å². The highest BCUT2D eigenvalue weighted by Gasteiger charge is 2.09. The third-order valence-electron chi connectivity index (χ3n) is 2.97. The molecule has 0 aliphatic carbocycles. The molecule has 0 unspecified atom stereocenters. The Morgan fingerprint density at radius 1 is 0.955 bits per heavy atom. The van der Waals surface area contributed by atoms with Gasteiger partial charge in [-0.2, -0.15) is 0 Å². The monoisotopic (exact) mass is 293 g/mol. The van der Waals surface area contributed by atoms with Gasteiger partial charge in [0.05, 0.1) is 11.9 Å². The van der Waals surface area contributed by atoms with Crippen molar-refractivity contribution in [2.45, 2.75) is 6.92 Å². The third-order valence-corrected chi connectivity index (χ3v) is 2.97. The molecule has 7 nitrogen and oxygen atoms in total. The zero-order valence-corrected chi connectivity index (χ0v) is 12.0. The van der Waals surface area contributed by atoms with Crippen LogP contribution in [-0.2, 0) is 0 Å². The first-order valence-corrected chi connectivity index (χ1v) is 6.69. The van der Waals surface area contributed by atoms with Crippen molar-refractivity contribution >= 4 is 28.8 Å². The van der Waals surface area contributed by atoms with Gasteiger partial charge in [0.1, 0.15) is 17.8 Å². The molecule has 0 bridgehead atoms. The van der Waals surface area contributed by atoms with Crippen LogP contribution >= 0.6 is 0 Å². The highest BCUT2D eigenvalue weighted by molar-refractivity contribution is 5.79. The van der Waals surface area contributed by atoms with Gasteiger partial charge in [-0.15, -0.1) is 0 Å². The van der Waals surface area contributed by atoms with Crippen molar-refractivity contribution in [2.24, 2.45) is 0 Å². The molecule has 0 saturated heterocycles. The molecule has 0 saturated carbocycles. The molecule has 0 aliphatic rings. The van der Waals surface area contributed by atoms with Crippen molar-refractivity contribution in [1.29, 1.82) is 0 Å². The van der Waals surface area contributed by atoms with Crippen LogP contribution in [0.4, 0.5) is 28.8 Å². The molecular weight excluding hydrogens is 278 g/mol. The second kappa shape index (κ2) is 6.04. The predicted molar refractivity (Wildman–Crippen MR) is 86.2 cm³/mol. The first-order chi connectivity index (χ1) is 10.7. The minimum absolute atomic E-state index is 0.411. The Balaban J connectivity index is 1.84. The lowest BCUT2D eigenvalue weighted by atomic mass is 10.3. The van der Waals surface area contributed by atoms with Gasteiger partial charge in [0.15, 0.2) is 11.6 Å². The van der Waals surface area contributed by atoms with Crippen molar-refractivity contribution < 1.29 is 0 Å². The van der Waals surface area contributed by atoms with E-state index in [2.05, 4.69) is 30.6 Å². The lowest BCUT2D eigenvalue weighted by molar-refractivity contribution is 1.16. The van der Waals surface area contributed by atoms with Crippen molar-refractivity contribution in [3.63, 3.8) is 0 Å². The van der Waals surface area contributed by atoms with E-state index in [1.165, 1.54) is 6.33 Å². The quantitative estimate of drug-likeness (QED) is 0.679. The average molecular weight is 293 g/mol. The van der Waals surface area contributed by atoms with Crippen LogP contribution in [0.3, 0.4) is 0 Å². The lowest BCUT2D eigenvalue weighted by Gasteiger charge is -2.12. The normalized spacial score (nSPS) is 10.2. The number of nitrogens with one attached hydrogen (secondary N) is 2. The zero-order valence-electron chi connectivity index (χ0n) is 12.0. The number of pyridine rings is 2. The predicted octanol–water partition coefficient (Wildman–Crippen LogP) is 2.64. The summed E-state index contributed by atoms with van der Waals surface area (Å²) in [6, 6.07) is 7.53. The number of rotatable bonds is 4. The van der Waals surface area contributed by atoms with Gasteiger partial charge in [-0.3, -0.25) is 4.98 Å². The van der Waals surface area contributed by atoms with Crippen LogP contribution in [-0.4, -0.2) is 19.9 Å². The summed E-state index contributed by atoms with van der Waals surface area (Å²) in [5.74, 6) is 1.68. The Morgan fingerprint density at radius 3 is 2.45 bits per heavy atom. The molecule has 3 aromatic heterocycles. The second-order valence-corrected chi connectivity index (χ2v) is 4.70. The topological polar surface area (TPSA) is 102 Å². The van der Waals surface area contributed by atoms with E-state index in [-0.39, 0.29) is 0 Å². The van der Waals surface area contributed by atoms with Crippen molar-refractivity contribution in [3.8, 4) is 0 Å². The molecule has 22 heavy (non-hydrogen) atoms. The second-order valence-electron chi connectivity index (χ2n) is 4.70. The van der Waals surface area contributed by atoms with Crippen LogP contribution in [0, 0.1) is 6.92 Å². The number of nitrogens with zero attached hydrogens (tertiary/aromatic N) is 4. The number of aryl methyl sites for hydroxylation is 1. The van der Waals surface area contributed by atoms with E-state index in [0.717, 1.165) is 11.3 Å². The molecule has 3 aromatic rings. The van der Waals surface area contributed by atoms with Crippen LogP contribution in [0.15, 0.2) is 49.2 Å². The number of aromatic nitrogens is 4. The number of anilines is 5. The van der Waals surface area contributed by atoms with E-state index in [1.54, 1.807) is 18.6 Å². The molecule has 4 N–H and O–H groups in total. The van der Waals surface area contributed by atoms with Crippen LogP contribution in [0.1, 0.15) is 5.56 Å². The average Bonchev–Trinajstić information content (AvgIpc) is 2.54. The number of nitrogen functional groups attached to an aromatic ring is 1. The summed E-state index contributed by atoms with van der Waals surface area (Å²) in [5, 5.41) is 6.19. The summed E-state index contributed by atoms with van der Waals surface area (Å²) < 4.78 is 0. The highest BCUT2D eigenvalue weighted by Crippen LogP contribution is 2.27. The fourth-order valence-electron chi connectivity index (χ4n) is 1.83. The molecule has 0 atom stereocenters. The molecule has 7 heteroatoms. The molecule has 3 heterocycles. The molecular formula is C15H15N7. The maximum absolute atomic E-state index is 6.11. The Morgan fingerprint density at radius 2 is 1.77 bits per heavy atom. The van der Waals surface area contributed by atoms with Gasteiger partial charge >= 0.3 is 0 Å². The molecule has 0 aliphatic heterocycles. The SMILES string of the molecule is Cc1ccc(Nc2ncnc(Nc3cccnc3)c2N)nc1. The van der Waals surface area contributed by atoms with E-state index >= 15 is 0 Å². The van der Waals surface area contributed by atoms with Gasteiger partial charge < -0.3 is 16.4 Å².